The molecule has 1 N–H and O–H groups in total. The van der Waals surface area contributed by atoms with Gasteiger partial charge < -0.3 is 14.6 Å². The highest BCUT2D eigenvalue weighted by Gasteiger charge is 2.06. The van der Waals surface area contributed by atoms with Gasteiger partial charge in [0.05, 0.1) is 17.7 Å². The van der Waals surface area contributed by atoms with Gasteiger partial charge in [0.15, 0.2) is 6.61 Å². The summed E-state index contributed by atoms with van der Waals surface area (Å²) in [5.74, 6) is 4.16. The second kappa shape index (κ2) is 8.34. The van der Waals surface area contributed by atoms with Gasteiger partial charge in [-0.3, -0.25) is 0 Å². The fraction of sp³-hybridized carbons (Fsp3) is 0.167. The van der Waals surface area contributed by atoms with Gasteiger partial charge in [-0.25, -0.2) is 9.18 Å². The molecule has 0 aliphatic heterocycles. The minimum absolute atomic E-state index is 0.207. The molecule has 0 bridgehead atoms. The van der Waals surface area contributed by atoms with Gasteiger partial charge in [-0.1, -0.05) is 29.5 Å². The lowest BCUT2D eigenvalue weighted by molar-refractivity contribution is -0.139. The van der Waals surface area contributed by atoms with Gasteiger partial charge >= 0.3 is 5.97 Å². The van der Waals surface area contributed by atoms with E-state index in [1.165, 1.54) is 25.3 Å². The average Bonchev–Trinajstić information content (AvgIpc) is 2.53. The van der Waals surface area contributed by atoms with Gasteiger partial charge in [-0.05, 0) is 35.9 Å². The van der Waals surface area contributed by atoms with Gasteiger partial charge in [0.2, 0.25) is 0 Å². The molecule has 4 nitrogen and oxygen atoms in total. The number of methoxy groups -OCH3 is 1. The summed E-state index contributed by atoms with van der Waals surface area (Å²) >= 11 is 5.92. The molecule has 0 aliphatic carbocycles. The molecule has 0 amide bonds. The second-order valence-electron chi connectivity index (χ2n) is 4.82. The smallest absolute Gasteiger partial charge is 0.341 e. The summed E-state index contributed by atoms with van der Waals surface area (Å²) in [7, 11) is 1.53. The Balaban J connectivity index is 2.29. The molecule has 2 aromatic rings. The van der Waals surface area contributed by atoms with Crippen molar-refractivity contribution >= 4 is 17.6 Å². The number of hydrogen-bond donors (Lipinski definition) is 1. The Hall–Kier alpha value is -2.55. The Morgan fingerprint density at radius 3 is 2.62 bits per heavy atom. The number of aliphatic carboxylic acids is 1. The number of benzene rings is 2. The molecule has 0 fully saturated rings. The van der Waals surface area contributed by atoms with E-state index in [1.54, 1.807) is 18.2 Å². The second-order valence-corrected chi connectivity index (χ2v) is 5.26. The molecule has 0 heterocycles. The minimum Gasteiger partial charge on any atom is -0.481 e. The molecule has 124 valence electrons. The molecule has 0 unspecified atom stereocenters. The Morgan fingerprint density at radius 2 is 1.96 bits per heavy atom. The molecule has 0 radical (unpaired) electrons. The molecule has 0 saturated carbocycles. The fourth-order valence-electron chi connectivity index (χ4n) is 1.92. The quantitative estimate of drug-likeness (QED) is 0.840. The SMILES string of the molecule is COCc1ccc(C#Cc2cc(Cl)ccc2OCC(=O)O)c(F)c1. The number of carbonyl (C=O) groups is 1. The lowest BCUT2D eigenvalue weighted by Gasteiger charge is -2.06. The van der Waals surface area contributed by atoms with Gasteiger partial charge in [-0.2, -0.15) is 0 Å². The number of carboxylic acid groups (broad SMARTS) is 1. The number of carboxylic acids is 1. The first kappa shape index (κ1) is 17.8. The van der Waals surface area contributed by atoms with Gasteiger partial charge in [0.25, 0.3) is 0 Å². The highest BCUT2D eigenvalue weighted by atomic mass is 35.5. The molecular formula is C18H14ClFO4. The fourth-order valence-corrected chi connectivity index (χ4v) is 2.09. The van der Waals surface area contributed by atoms with Crippen LogP contribution in [0.4, 0.5) is 4.39 Å². The molecule has 2 aromatic carbocycles. The average molecular weight is 349 g/mol. The van der Waals surface area contributed by atoms with Gasteiger partial charge in [-0.15, -0.1) is 0 Å². The van der Waals surface area contributed by atoms with Crippen LogP contribution >= 0.6 is 11.6 Å². The zero-order valence-corrected chi connectivity index (χ0v) is 13.6. The highest BCUT2D eigenvalue weighted by Crippen LogP contribution is 2.22. The Labute approximate surface area is 143 Å². The number of rotatable bonds is 5. The largest absolute Gasteiger partial charge is 0.481 e. The summed E-state index contributed by atoms with van der Waals surface area (Å²) in [6.45, 7) is -0.192. The zero-order chi connectivity index (χ0) is 17.5. The summed E-state index contributed by atoms with van der Waals surface area (Å²) in [5.41, 5.74) is 1.29. The number of ether oxygens (including phenoxy) is 2. The van der Waals surface area contributed by atoms with E-state index in [0.29, 0.717) is 22.8 Å². The van der Waals surface area contributed by atoms with Crippen molar-refractivity contribution in [2.75, 3.05) is 13.7 Å². The van der Waals surface area contributed by atoms with Crippen molar-refractivity contribution in [3.63, 3.8) is 0 Å². The van der Waals surface area contributed by atoms with E-state index in [0.717, 1.165) is 0 Å². The predicted octanol–water partition coefficient (Wildman–Crippen LogP) is 3.49. The van der Waals surface area contributed by atoms with Crippen LogP contribution in [-0.2, 0) is 16.1 Å². The standard InChI is InChI=1S/C18H14ClFO4/c1-23-10-12-2-3-13(16(20)8-12)4-5-14-9-15(19)6-7-17(14)24-11-18(21)22/h2-3,6-9H,10-11H2,1H3,(H,21,22). The highest BCUT2D eigenvalue weighted by molar-refractivity contribution is 6.30. The molecule has 0 saturated heterocycles. The van der Waals surface area contributed by atoms with Crippen molar-refractivity contribution in [3.05, 3.63) is 63.9 Å². The predicted molar refractivity (Wildman–Crippen MR) is 87.7 cm³/mol. The summed E-state index contributed by atoms with van der Waals surface area (Å²) in [6.07, 6.45) is 0. The Morgan fingerprint density at radius 1 is 1.21 bits per heavy atom. The van der Waals surface area contributed by atoms with Crippen LogP contribution in [-0.4, -0.2) is 24.8 Å². The molecular weight excluding hydrogens is 335 g/mol. The lowest BCUT2D eigenvalue weighted by Crippen LogP contribution is -2.10. The van der Waals surface area contributed by atoms with Crippen molar-refractivity contribution in [2.24, 2.45) is 0 Å². The zero-order valence-electron chi connectivity index (χ0n) is 12.8. The lowest BCUT2D eigenvalue weighted by atomic mass is 10.1. The summed E-state index contributed by atoms with van der Waals surface area (Å²) in [5, 5.41) is 9.10. The van der Waals surface area contributed by atoms with E-state index in [4.69, 9.17) is 26.2 Å². The minimum atomic E-state index is -1.11. The van der Waals surface area contributed by atoms with Crippen LogP contribution in [0.15, 0.2) is 36.4 Å². The molecule has 24 heavy (non-hydrogen) atoms. The Kier molecular flexibility index (Phi) is 6.19. The van der Waals surface area contributed by atoms with Crippen molar-refractivity contribution in [3.8, 4) is 17.6 Å². The van der Waals surface area contributed by atoms with Crippen LogP contribution in [0, 0.1) is 17.7 Å². The van der Waals surface area contributed by atoms with E-state index in [1.807, 2.05) is 0 Å². The molecule has 0 aromatic heterocycles. The summed E-state index contributed by atoms with van der Waals surface area (Å²) in [4.78, 5) is 10.6. The van der Waals surface area contributed by atoms with Crippen LogP contribution in [0.2, 0.25) is 5.02 Å². The summed E-state index contributed by atoms with van der Waals surface area (Å²) < 4.78 is 24.1. The third kappa shape index (κ3) is 4.98. The monoisotopic (exact) mass is 348 g/mol. The van der Waals surface area contributed by atoms with Gasteiger partial charge in [0, 0.05) is 12.1 Å². The molecule has 2 rings (SSSR count). The molecule has 0 aliphatic rings. The number of halogens is 2. The van der Waals surface area contributed by atoms with Crippen LogP contribution in [0.3, 0.4) is 0 Å². The van der Waals surface area contributed by atoms with Crippen molar-refractivity contribution in [2.45, 2.75) is 6.61 Å². The maximum Gasteiger partial charge on any atom is 0.341 e. The normalized spacial score (nSPS) is 9.96. The van der Waals surface area contributed by atoms with Crippen molar-refractivity contribution < 1.29 is 23.8 Å². The van der Waals surface area contributed by atoms with E-state index in [2.05, 4.69) is 11.8 Å². The van der Waals surface area contributed by atoms with Crippen molar-refractivity contribution in [1.82, 2.24) is 0 Å². The molecule has 0 spiro atoms. The van der Waals surface area contributed by atoms with E-state index < -0.39 is 18.4 Å². The van der Waals surface area contributed by atoms with Crippen LogP contribution in [0.1, 0.15) is 16.7 Å². The Bertz CT molecular complexity index is 808. The van der Waals surface area contributed by atoms with E-state index in [9.17, 15) is 9.18 Å². The van der Waals surface area contributed by atoms with E-state index in [-0.39, 0.29) is 11.3 Å². The van der Waals surface area contributed by atoms with E-state index >= 15 is 0 Å². The third-order valence-electron chi connectivity index (χ3n) is 2.97. The maximum absolute atomic E-state index is 14.0. The van der Waals surface area contributed by atoms with Crippen LogP contribution in [0.5, 0.6) is 5.75 Å². The first-order valence-electron chi connectivity index (χ1n) is 6.93. The molecule has 0 atom stereocenters. The molecule has 6 heteroatoms. The van der Waals surface area contributed by atoms with Crippen molar-refractivity contribution in [1.29, 1.82) is 0 Å². The first-order valence-corrected chi connectivity index (χ1v) is 7.31. The van der Waals surface area contributed by atoms with Crippen LogP contribution in [0.25, 0.3) is 0 Å². The van der Waals surface area contributed by atoms with Crippen LogP contribution < -0.4 is 4.74 Å². The van der Waals surface area contributed by atoms with Gasteiger partial charge in [0.1, 0.15) is 11.6 Å². The third-order valence-corrected chi connectivity index (χ3v) is 3.20. The first-order chi connectivity index (χ1) is 11.5. The topological polar surface area (TPSA) is 55.8 Å². The summed E-state index contributed by atoms with van der Waals surface area (Å²) in [6, 6.07) is 9.24. The maximum atomic E-state index is 14.0. The number of hydrogen-bond acceptors (Lipinski definition) is 3.